The van der Waals surface area contributed by atoms with Gasteiger partial charge in [0.15, 0.2) is 17.5 Å². The van der Waals surface area contributed by atoms with Crippen molar-refractivity contribution in [1.82, 2.24) is 19.9 Å². The summed E-state index contributed by atoms with van der Waals surface area (Å²) in [6.45, 7) is 0. The van der Waals surface area contributed by atoms with Crippen LogP contribution in [0.3, 0.4) is 0 Å². The monoisotopic (exact) mass is 658 g/mol. The van der Waals surface area contributed by atoms with Crippen LogP contribution in [0.4, 0.5) is 0 Å². The molecule has 0 aliphatic heterocycles. The third kappa shape index (κ3) is 4.85. The summed E-state index contributed by atoms with van der Waals surface area (Å²) in [7, 11) is 0. The number of benzene rings is 7. The third-order valence-corrected chi connectivity index (χ3v) is 10.2. The minimum atomic E-state index is 0.587. The second kappa shape index (κ2) is 11.6. The van der Waals surface area contributed by atoms with Gasteiger partial charge in [-0.25, -0.2) is 19.9 Å². The standard InChI is InChI=1S/C44H26N4OS/c1-3-12-29(13-4-1)41-46-42(30-23-21-28(22-24-30)33-18-9-16-27-11-7-8-17-32(27)33)48-43(47-41)34-19-10-20-37-40(34)35-25-36-39(26-38(35)49-37)50-44(45-36)31-14-5-2-6-15-31/h1-26H. The lowest BCUT2D eigenvalue weighted by Gasteiger charge is -2.10. The van der Waals surface area contributed by atoms with E-state index in [-0.39, 0.29) is 0 Å². The zero-order valence-corrected chi connectivity index (χ0v) is 27.4. The average molecular weight is 659 g/mol. The van der Waals surface area contributed by atoms with E-state index in [1.54, 1.807) is 11.3 Å². The number of nitrogens with zero attached hydrogens (tertiary/aromatic N) is 4. The van der Waals surface area contributed by atoms with Crippen LogP contribution in [-0.4, -0.2) is 19.9 Å². The molecular formula is C44H26N4OS. The SMILES string of the molecule is c1ccc(-c2nc(-c3ccc(-c4cccc5ccccc45)cc3)nc(-c3cccc4oc5cc6sc(-c7ccccc7)nc6cc5c34)n2)cc1. The molecule has 0 saturated carbocycles. The van der Waals surface area contributed by atoms with Crippen molar-refractivity contribution < 1.29 is 4.42 Å². The van der Waals surface area contributed by atoms with Crippen molar-refractivity contribution in [2.75, 3.05) is 0 Å². The van der Waals surface area contributed by atoms with Gasteiger partial charge in [-0.05, 0) is 34.0 Å². The molecule has 3 heterocycles. The smallest absolute Gasteiger partial charge is 0.164 e. The van der Waals surface area contributed by atoms with Crippen LogP contribution in [-0.2, 0) is 0 Å². The van der Waals surface area contributed by atoms with Crippen LogP contribution in [0.1, 0.15) is 0 Å². The zero-order valence-electron chi connectivity index (χ0n) is 26.6. The molecule has 0 bridgehead atoms. The van der Waals surface area contributed by atoms with E-state index in [1.807, 2.05) is 60.7 Å². The molecule has 234 valence electrons. The fourth-order valence-corrected chi connectivity index (χ4v) is 7.74. The fourth-order valence-electron chi connectivity index (χ4n) is 6.76. The second-order valence-corrected chi connectivity index (χ2v) is 13.3. The molecule has 0 amide bonds. The predicted molar refractivity (Wildman–Crippen MR) is 205 cm³/mol. The Morgan fingerprint density at radius 3 is 1.84 bits per heavy atom. The molecule has 0 aliphatic carbocycles. The van der Waals surface area contributed by atoms with Gasteiger partial charge < -0.3 is 4.42 Å². The Morgan fingerprint density at radius 1 is 0.420 bits per heavy atom. The number of hydrogen-bond donors (Lipinski definition) is 0. The summed E-state index contributed by atoms with van der Waals surface area (Å²) in [4.78, 5) is 20.2. The maximum atomic E-state index is 6.46. The molecule has 0 fully saturated rings. The van der Waals surface area contributed by atoms with Gasteiger partial charge >= 0.3 is 0 Å². The molecule has 0 aliphatic rings. The highest BCUT2D eigenvalue weighted by molar-refractivity contribution is 7.21. The number of furan rings is 1. The molecule has 50 heavy (non-hydrogen) atoms. The van der Waals surface area contributed by atoms with Crippen molar-refractivity contribution in [2.24, 2.45) is 0 Å². The summed E-state index contributed by atoms with van der Waals surface area (Å²) in [6, 6.07) is 54.1. The van der Waals surface area contributed by atoms with E-state index in [4.69, 9.17) is 24.4 Å². The van der Waals surface area contributed by atoms with Crippen LogP contribution >= 0.6 is 11.3 Å². The van der Waals surface area contributed by atoms with Gasteiger partial charge in [0.1, 0.15) is 16.2 Å². The molecule has 0 atom stereocenters. The maximum Gasteiger partial charge on any atom is 0.164 e. The molecule has 7 aromatic carbocycles. The summed E-state index contributed by atoms with van der Waals surface area (Å²) in [5.74, 6) is 1.81. The number of hydrogen-bond acceptors (Lipinski definition) is 6. The Bertz CT molecular complexity index is 2860. The van der Waals surface area contributed by atoms with E-state index in [2.05, 4.69) is 97.1 Å². The molecule has 6 heteroatoms. The predicted octanol–water partition coefficient (Wildman–Crippen LogP) is 11.9. The van der Waals surface area contributed by atoms with Crippen molar-refractivity contribution in [2.45, 2.75) is 0 Å². The van der Waals surface area contributed by atoms with Crippen LogP contribution < -0.4 is 0 Å². The quantitative estimate of drug-likeness (QED) is 0.184. The molecule has 0 unspecified atom stereocenters. The summed E-state index contributed by atoms with van der Waals surface area (Å²) in [6.07, 6.45) is 0. The minimum Gasteiger partial charge on any atom is -0.456 e. The molecule has 10 aromatic rings. The normalized spacial score (nSPS) is 11.6. The van der Waals surface area contributed by atoms with Crippen LogP contribution in [0, 0.1) is 0 Å². The molecule has 0 radical (unpaired) electrons. The van der Waals surface area contributed by atoms with Crippen molar-refractivity contribution in [3.05, 3.63) is 158 Å². The summed E-state index contributed by atoms with van der Waals surface area (Å²) in [5, 5.41) is 5.37. The van der Waals surface area contributed by atoms with Gasteiger partial charge in [0, 0.05) is 39.1 Å². The lowest BCUT2D eigenvalue weighted by atomic mass is 9.97. The van der Waals surface area contributed by atoms with Crippen LogP contribution in [0.25, 0.3) is 98.8 Å². The van der Waals surface area contributed by atoms with Gasteiger partial charge in [0.05, 0.1) is 10.2 Å². The highest BCUT2D eigenvalue weighted by Crippen LogP contribution is 2.40. The number of fused-ring (bicyclic) bond motifs is 5. The highest BCUT2D eigenvalue weighted by Gasteiger charge is 2.19. The Balaban J connectivity index is 1.13. The summed E-state index contributed by atoms with van der Waals surface area (Å²) >= 11 is 1.67. The van der Waals surface area contributed by atoms with Crippen molar-refractivity contribution in [1.29, 1.82) is 0 Å². The van der Waals surface area contributed by atoms with Crippen molar-refractivity contribution >= 4 is 54.3 Å². The van der Waals surface area contributed by atoms with E-state index in [0.717, 1.165) is 65.0 Å². The van der Waals surface area contributed by atoms with Gasteiger partial charge in [-0.3, -0.25) is 0 Å². The van der Waals surface area contributed by atoms with Gasteiger partial charge in [-0.2, -0.15) is 0 Å². The van der Waals surface area contributed by atoms with E-state index >= 15 is 0 Å². The first kappa shape index (κ1) is 28.5. The molecular weight excluding hydrogens is 633 g/mol. The van der Waals surface area contributed by atoms with E-state index in [0.29, 0.717) is 17.5 Å². The Kier molecular flexibility index (Phi) is 6.60. The highest BCUT2D eigenvalue weighted by atomic mass is 32.1. The molecule has 0 spiro atoms. The first-order valence-electron chi connectivity index (χ1n) is 16.5. The number of thiazole rings is 1. The maximum absolute atomic E-state index is 6.46. The largest absolute Gasteiger partial charge is 0.456 e. The van der Waals surface area contributed by atoms with Crippen LogP contribution in [0.15, 0.2) is 162 Å². The van der Waals surface area contributed by atoms with E-state index < -0.39 is 0 Å². The minimum absolute atomic E-state index is 0.587. The first-order chi connectivity index (χ1) is 24.7. The first-order valence-corrected chi connectivity index (χ1v) is 17.3. The van der Waals surface area contributed by atoms with Crippen molar-refractivity contribution in [3.8, 4) is 55.9 Å². The molecule has 0 N–H and O–H groups in total. The van der Waals surface area contributed by atoms with Gasteiger partial charge in [-0.1, -0.05) is 140 Å². The lowest BCUT2D eigenvalue weighted by molar-refractivity contribution is 0.669. The molecule has 10 rings (SSSR count). The van der Waals surface area contributed by atoms with Crippen LogP contribution in [0.2, 0.25) is 0 Å². The van der Waals surface area contributed by atoms with Gasteiger partial charge in [-0.15, -0.1) is 11.3 Å². The molecule has 5 nitrogen and oxygen atoms in total. The number of rotatable bonds is 5. The fraction of sp³-hybridized carbons (Fsp3) is 0. The molecule has 0 saturated heterocycles. The number of aromatic nitrogens is 4. The average Bonchev–Trinajstić information content (AvgIpc) is 3.78. The van der Waals surface area contributed by atoms with E-state index in [1.165, 1.54) is 16.3 Å². The Morgan fingerprint density at radius 2 is 1.04 bits per heavy atom. The van der Waals surface area contributed by atoms with Gasteiger partial charge in [0.25, 0.3) is 0 Å². The Hall–Kier alpha value is -6.50. The third-order valence-electron chi connectivity index (χ3n) is 9.18. The van der Waals surface area contributed by atoms with Gasteiger partial charge in [0.2, 0.25) is 0 Å². The summed E-state index contributed by atoms with van der Waals surface area (Å²) in [5.41, 5.74) is 8.68. The molecule has 3 aromatic heterocycles. The zero-order chi connectivity index (χ0) is 33.0. The van der Waals surface area contributed by atoms with Crippen LogP contribution in [0.5, 0.6) is 0 Å². The topological polar surface area (TPSA) is 64.7 Å². The second-order valence-electron chi connectivity index (χ2n) is 12.3. The lowest BCUT2D eigenvalue weighted by Crippen LogP contribution is -2.00. The summed E-state index contributed by atoms with van der Waals surface area (Å²) < 4.78 is 7.54. The Labute approximate surface area is 291 Å². The van der Waals surface area contributed by atoms with Crippen molar-refractivity contribution in [3.63, 3.8) is 0 Å². The van der Waals surface area contributed by atoms with E-state index in [9.17, 15) is 0 Å².